The fraction of sp³-hybridized carbons (Fsp3) is 0.0800. The minimum absolute atomic E-state index is 0.181. The summed E-state index contributed by atoms with van der Waals surface area (Å²) >= 11 is 0. The van der Waals surface area contributed by atoms with Crippen LogP contribution in [-0.4, -0.2) is 17.0 Å². The molecule has 6 heteroatoms. The molecular weight excluding hydrogens is 394 g/mol. The lowest BCUT2D eigenvalue weighted by molar-refractivity contribution is 0.0696. The Morgan fingerprint density at radius 3 is 2.29 bits per heavy atom. The molecule has 6 nitrogen and oxygen atoms in total. The monoisotopic (exact) mass is 413 g/mol. The molecule has 0 aliphatic rings. The van der Waals surface area contributed by atoms with Crippen molar-refractivity contribution < 1.29 is 19.1 Å². The lowest BCUT2D eigenvalue weighted by atomic mass is 10.0. The van der Waals surface area contributed by atoms with E-state index in [4.69, 9.17) is 9.52 Å². The van der Waals surface area contributed by atoms with Crippen LogP contribution in [0.2, 0.25) is 0 Å². The molecule has 4 aromatic rings. The molecule has 4 rings (SSSR count). The van der Waals surface area contributed by atoms with Crippen LogP contribution in [-0.2, 0) is 13.0 Å². The van der Waals surface area contributed by atoms with Gasteiger partial charge in [0.1, 0.15) is 5.58 Å². The first-order valence-corrected chi connectivity index (χ1v) is 9.70. The topological polar surface area (TPSA) is 96.6 Å². The third-order valence-electron chi connectivity index (χ3n) is 5.00. The second-order valence-electron chi connectivity index (χ2n) is 7.15. The molecule has 0 saturated carbocycles. The Morgan fingerprint density at radius 2 is 1.58 bits per heavy atom. The van der Waals surface area contributed by atoms with E-state index in [1.165, 1.54) is 18.4 Å². The van der Waals surface area contributed by atoms with E-state index in [0.29, 0.717) is 35.1 Å². The Hall–Kier alpha value is -4.19. The normalized spacial score (nSPS) is 10.7. The van der Waals surface area contributed by atoms with Gasteiger partial charge in [0, 0.05) is 24.1 Å². The maximum Gasteiger partial charge on any atom is 0.335 e. The van der Waals surface area contributed by atoms with Gasteiger partial charge in [-0.25, -0.2) is 4.79 Å². The van der Waals surface area contributed by atoms with Crippen LogP contribution in [0.5, 0.6) is 0 Å². The van der Waals surface area contributed by atoms with Gasteiger partial charge >= 0.3 is 5.97 Å². The van der Waals surface area contributed by atoms with Crippen LogP contribution in [0.4, 0.5) is 0 Å². The van der Waals surface area contributed by atoms with Gasteiger partial charge in [-0.05, 0) is 41.5 Å². The summed E-state index contributed by atoms with van der Waals surface area (Å²) in [5.41, 5.74) is 2.92. The summed E-state index contributed by atoms with van der Waals surface area (Å²) in [6.07, 6.45) is 1.70. The highest BCUT2D eigenvalue weighted by atomic mass is 16.4. The van der Waals surface area contributed by atoms with Crippen LogP contribution in [0.15, 0.2) is 88.3 Å². The molecule has 2 N–H and O–H groups in total. The summed E-state index contributed by atoms with van der Waals surface area (Å²) in [6.45, 7) is 0.388. The van der Waals surface area contributed by atoms with E-state index < -0.39 is 5.97 Å². The number of amides is 1. The van der Waals surface area contributed by atoms with E-state index in [9.17, 15) is 14.4 Å². The average molecular weight is 413 g/mol. The van der Waals surface area contributed by atoms with E-state index in [0.717, 1.165) is 11.1 Å². The number of fused-ring (bicyclic) bond motifs is 1. The number of rotatable bonds is 6. The van der Waals surface area contributed by atoms with Crippen molar-refractivity contribution in [3.63, 3.8) is 0 Å². The van der Waals surface area contributed by atoms with E-state index >= 15 is 0 Å². The number of carboxylic acids is 1. The summed E-state index contributed by atoms with van der Waals surface area (Å²) in [5.74, 6) is -1.28. The molecule has 0 spiro atoms. The summed E-state index contributed by atoms with van der Waals surface area (Å²) in [4.78, 5) is 36.5. The van der Waals surface area contributed by atoms with Gasteiger partial charge < -0.3 is 14.8 Å². The zero-order valence-corrected chi connectivity index (χ0v) is 16.5. The van der Waals surface area contributed by atoms with Crippen molar-refractivity contribution in [2.45, 2.75) is 13.0 Å². The number of hydrogen-bond donors (Lipinski definition) is 2. The molecular formula is C25H19NO5. The number of carboxylic acid groups (broad SMARTS) is 1. The molecule has 0 unspecified atom stereocenters. The van der Waals surface area contributed by atoms with Crippen molar-refractivity contribution in [1.82, 2.24) is 5.32 Å². The molecule has 154 valence electrons. The van der Waals surface area contributed by atoms with Crippen molar-refractivity contribution >= 4 is 22.8 Å². The Balaban J connectivity index is 1.57. The number of benzene rings is 3. The predicted octanol–water partition coefficient (Wildman–Crippen LogP) is 4.01. The third-order valence-corrected chi connectivity index (χ3v) is 5.00. The number of nitrogens with one attached hydrogen (secondary N) is 1. The lowest BCUT2D eigenvalue weighted by Gasteiger charge is -2.07. The summed E-state index contributed by atoms with van der Waals surface area (Å²) in [6, 6.07) is 20.7. The maximum atomic E-state index is 13.0. The molecule has 1 aromatic heterocycles. The first kappa shape index (κ1) is 20.1. The Bertz CT molecular complexity index is 1310. The first-order chi connectivity index (χ1) is 15.0. The molecule has 0 aliphatic heterocycles. The van der Waals surface area contributed by atoms with Gasteiger partial charge in [0.2, 0.25) is 0 Å². The first-order valence-electron chi connectivity index (χ1n) is 9.70. The fourth-order valence-electron chi connectivity index (χ4n) is 3.30. The third kappa shape index (κ3) is 4.53. The van der Waals surface area contributed by atoms with E-state index in [2.05, 4.69) is 5.32 Å². The molecule has 1 amide bonds. The van der Waals surface area contributed by atoms with Gasteiger partial charge in [-0.15, -0.1) is 0 Å². The van der Waals surface area contributed by atoms with Gasteiger partial charge in [0.05, 0.1) is 17.2 Å². The minimum Gasteiger partial charge on any atom is -0.478 e. The van der Waals surface area contributed by atoms with Crippen LogP contribution in [0.25, 0.3) is 11.0 Å². The van der Waals surface area contributed by atoms with Gasteiger partial charge in [-0.2, -0.15) is 0 Å². The minimum atomic E-state index is -1.00. The van der Waals surface area contributed by atoms with Crippen LogP contribution in [0.1, 0.15) is 37.4 Å². The Morgan fingerprint density at radius 1 is 0.871 bits per heavy atom. The molecule has 0 atom stereocenters. The smallest absolute Gasteiger partial charge is 0.335 e. The number of hydrogen-bond acceptors (Lipinski definition) is 4. The van der Waals surface area contributed by atoms with Crippen LogP contribution in [0, 0.1) is 0 Å². The number of carbonyl (C=O) groups is 2. The zero-order chi connectivity index (χ0) is 21.8. The molecule has 0 aliphatic carbocycles. The highest BCUT2D eigenvalue weighted by Gasteiger charge is 2.12. The highest BCUT2D eigenvalue weighted by molar-refractivity contribution is 5.97. The summed E-state index contributed by atoms with van der Waals surface area (Å²) in [7, 11) is 0. The summed E-state index contributed by atoms with van der Waals surface area (Å²) < 4.78 is 5.60. The van der Waals surface area contributed by atoms with Crippen LogP contribution >= 0.6 is 0 Å². The number of carbonyl (C=O) groups excluding carboxylic acids is 1. The van der Waals surface area contributed by atoms with Gasteiger partial charge in [-0.3, -0.25) is 9.59 Å². The van der Waals surface area contributed by atoms with Gasteiger partial charge in [0.15, 0.2) is 5.43 Å². The van der Waals surface area contributed by atoms with Crippen LogP contribution < -0.4 is 10.7 Å². The highest BCUT2D eigenvalue weighted by Crippen LogP contribution is 2.16. The fourth-order valence-corrected chi connectivity index (χ4v) is 3.30. The molecule has 0 radical (unpaired) electrons. The molecule has 0 saturated heterocycles. The zero-order valence-electron chi connectivity index (χ0n) is 16.5. The van der Waals surface area contributed by atoms with Crippen molar-refractivity contribution in [3.8, 4) is 0 Å². The predicted molar refractivity (Wildman–Crippen MR) is 116 cm³/mol. The van der Waals surface area contributed by atoms with E-state index in [1.54, 1.807) is 30.3 Å². The Kier molecular flexibility index (Phi) is 5.62. The van der Waals surface area contributed by atoms with Gasteiger partial charge in [-0.1, -0.05) is 42.5 Å². The molecule has 0 fully saturated rings. The van der Waals surface area contributed by atoms with Gasteiger partial charge in [0.25, 0.3) is 5.91 Å². The van der Waals surface area contributed by atoms with Crippen molar-refractivity contribution in [1.29, 1.82) is 0 Å². The summed E-state index contributed by atoms with van der Waals surface area (Å²) in [5, 5.41) is 12.2. The average Bonchev–Trinajstić information content (AvgIpc) is 2.80. The SMILES string of the molecule is O=C(O)c1ccc(Cc2coc3ccc(C(=O)NCc4ccccc4)cc3c2=O)cc1. The second-order valence-corrected chi connectivity index (χ2v) is 7.15. The molecule has 3 aromatic carbocycles. The second kappa shape index (κ2) is 8.67. The molecule has 31 heavy (non-hydrogen) atoms. The van der Waals surface area contributed by atoms with E-state index in [1.807, 2.05) is 30.3 Å². The molecule has 0 bridgehead atoms. The maximum absolute atomic E-state index is 13.0. The number of aromatic carboxylic acids is 1. The van der Waals surface area contributed by atoms with Crippen LogP contribution in [0.3, 0.4) is 0 Å². The quantitative estimate of drug-likeness (QED) is 0.498. The standard InChI is InChI=1S/C25H19NO5/c27-23-20(12-16-6-8-18(9-7-16)25(29)30)15-31-22-11-10-19(13-21(22)23)24(28)26-14-17-4-2-1-3-5-17/h1-11,13,15H,12,14H2,(H,26,28)(H,29,30). The van der Waals surface area contributed by atoms with Crippen molar-refractivity contribution in [3.05, 3.63) is 117 Å². The van der Waals surface area contributed by atoms with Crippen molar-refractivity contribution in [2.24, 2.45) is 0 Å². The Labute approximate surface area is 177 Å². The molecule has 1 heterocycles. The lowest BCUT2D eigenvalue weighted by Crippen LogP contribution is -2.23. The van der Waals surface area contributed by atoms with E-state index in [-0.39, 0.29) is 16.9 Å². The largest absolute Gasteiger partial charge is 0.478 e. The van der Waals surface area contributed by atoms with Crippen molar-refractivity contribution in [2.75, 3.05) is 0 Å².